The van der Waals surface area contributed by atoms with Crippen LogP contribution in [0.25, 0.3) is 11.0 Å². The van der Waals surface area contributed by atoms with Crippen molar-refractivity contribution in [1.82, 2.24) is 9.55 Å². The molecule has 0 spiro atoms. The fourth-order valence-corrected chi connectivity index (χ4v) is 2.66. The van der Waals surface area contributed by atoms with Gasteiger partial charge < -0.3 is 10.3 Å². The Morgan fingerprint density at radius 3 is 2.84 bits per heavy atom. The van der Waals surface area contributed by atoms with Crippen molar-refractivity contribution in [3.05, 3.63) is 57.5 Å². The highest BCUT2D eigenvalue weighted by Gasteiger charge is 2.09. The van der Waals surface area contributed by atoms with E-state index >= 15 is 0 Å². The van der Waals surface area contributed by atoms with E-state index in [0.29, 0.717) is 12.5 Å². The number of benzene rings is 2. The van der Waals surface area contributed by atoms with Crippen LogP contribution in [-0.2, 0) is 6.54 Å². The maximum atomic E-state index is 6.00. The van der Waals surface area contributed by atoms with Crippen molar-refractivity contribution < 1.29 is 0 Å². The van der Waals surface area contributed by atoms with Gasteiger partial charge in [-0.25, -0.2) is 4.98 Å². The van der Waals surface area contributed by atoms with Crippen molar-refractivity contribution in [2.75, 3.05) is 5.73 Å². The van der Waals surface area contributed by atoms with Gasteiger partial charge in [-0.3, -0.25) is 0 Å². The number of imidazole rings is 1. The molecule has 0 aliphatic heterocycles. The molecular formula is C14H11BrClN3. The molecule has 0 saturated heterocycles. The lowest BCUT2D eigenvalue weighted by molar-refractivity contribution is 0.838. The second-order valence-corrected chi connectivity index (χ2v) is 5.67. The van der Waals surface area contributed by atoms with Crippen molar-refractivity contribution in [2.45, 2.75) is 6.54 Å². The van der Waals surface area contributed by atoms with E-state index in [2.05, 4.69) is 20.9 Å². The topological polar surface area (TPSA) is 43.8 Å². The number of nitrogens with zero attached hydrogens (tertiary/aromatic N) is 2. The van der Waals surface area contributed by atoms with Gasteiger partial charge in [-0.1, -0.05) is 39.7 Å². The van der Waals surface area contributed by atoms with E-state index in [0.717, 1.165) is 26.1 Å². The van der Waals surface area contributed by atoms with Crippen LogP contribution >= 0.6 is 27.5 Å². The molecule has 5 heteroatoms. The average molecular weight is 337 g/mol. The first-order chi connectivity index (χ1) is 9.13. The predicted molar refractivity (Wildman–Crippen MR) is 82.4 cm³/mol. The fraction of sp³-hybridized carbons (Fsp3) is 0.0714. The molecular weight excluding hydrogens is 326 g/mol. The monoisotopic (exact) mass is 335 g/mol. The van der Waals surface area contributed by atoms with Crippen LogP contribution in [0.3, 0.4) is 0 Å². The predicted octanol–water partition coefficient (Wildman–Crippen LogP) is 4.08. The number of anilines is 1. The Balaban J connectivity index is 2.09. The van der Waals surface area contributed by atoms with E-state index in [9.17, 15) is 0 Å². The molecule has 0 radical (unpaired) electrons. The Bertz CT molecular complexity index is 752. The average Bonchev–Trinajstić information content (AvgIpc) is 2.66. The molecule has 0 bridgehead atoms. The minimum atomic E-state index is 0.507. The second kappa shape index (κ2) is 4.87. The quantitative estimate of drug-likeness (QED) is 0.766. The van der Waals surface area contributed by atoms with Gasteiger partial charge in [0.05, 0.1) is 17.6 Å². The summed E-state index contributed by atoms with van der Waals surface area (Å²) in [5.41, 5.74) is 8.99. The van der Waals surface area contributed by atoms with E-state index in [-0.39, 0.29) is 0 Å². The van der Waals surface area contributed by atoms with Gasteiger partial charge >= 0.3 is 0 Å². The molecule has 3 aromatic rings. The first-order valence-electron chi connectivity index (χ1n) is 5.79. The number of halogens is 2. The van der Waals surface area contributed by atoms with Gasteiger partial charge in [0.15, 0.2) is 0 Å². The molecule has 0 saturated carbocycles. The second-order valence-electron chi connectivity index (χ2n) is 4.32. The molecule has 0 aliphatic rings. The summed E-state index contributed by atoms with van der Waals surface area (Å²) >= 11 is 9.47. The van der Waals surface area contributed by atoms with Gasteiger partial charge in [-0.2, -0.15) is 0 Å². The number of fused-ring (bicyclic) bond motifs is 1. The highest BCUT2D eigenvalue weighted by Crippen LogP contribution is 2.23. The van der Waals surface area contributed by atoms with Gasteiger partial charge in [0, 0.05) is 9.50 Å². The zero-order valence-corrected chi connectivity index (χ0v) is 12.3. The molecule has 2 aromatic carbocycles. The molecule has 0 unspecified atom stereocenters. The molecule has 0 aliphatic carbocycles. The molecule has 2 N–H and O–H groups in total. The third-order valence-electron chi connectivity index (χ3n) is 2.97. The smallest absolute Gasteiger partial charge is 0.201 e. The Morgan fingerprint density at radius 2 is 2.05 bits per heavy atom. The summed E-state index contributed by atoms with van der Waals surface area (Å²) in [7, 11) is 0. The van der Waals surface area contributed by atoms with Crippen LogP contribution in [0.15, 0.2) is 46.9 Å². The third kappa shape index (κ3) is 2.46. The molecule has 0 amide bonds. The van der Waals surface area contributed by atoms with Crippen molar-refractivity contribution >= 4 is 44.5 Å². The van der Waals surface area contributed by atoms with Gasteiger partial charge in [0.2, 0.25) is 5.95 Å². The van der Waals surface area contributed by atoms with E-state index in [1.54, 1.807) is 0 Å². The molecule has 1 aromatic heterocycles. The van der Waals surface area contributed by atoms with Gasteiger partial charge in [-0.15, -0.1) is 0 Å². The molecule has 0 fully saturated rings. The molecule has 1 heterocycles. The Morgan fingerprint density at radius 1 is 1.21 bits per heavy atom. The van der Waals surface area contributed by atoms with Crippen LogP contribution in [0.5, 0.6) is 0 Å². The van der Waals surface area contributed by atoms with Crippen LogP contribution in [0.2, 0.25) is 5.02 Å². The normalized spacial score (nSPS) is 11.1. The molecule has 0 atom stereocenters. The van der Waals surface area contributed by atoms with Crippen molar-refractivity contribution in [3.8, 4) is 0 Å². The Hall–Kier alpha value is -1.52. The highest BCUT2D eigenvalue weighted by atomic mass is 79.9. The summed E-state index contributed by atoms with van der Waals surface area (Å²) in [5, 5.41) is 0.724. The highest BCUT2D eigenvalue weighted by molar-refractivity contribution is 9.10. The standard InChI is InChI=1S/C14H11BrClN3/c15-10-4-5-12-13(7-10)19(14(17)18-12)8-9-2-1-3-11(16)6-9/h1-7H,8H2,(H2,17,18). The summed E-state index contributed by atoms with van der Waals surface area (Å²) in [6.45, 7) is 0.652. The van der Waals surface area contributed by atoms with Gasteiger partial charge in [0.25, 0.3) is 0 Å². The van der Waals surface area contributed by atoms with E-state index in [1.165, 1.54) is 0 Å². The van der Waals surface area contributed by atoms with Crippen molar-refractivity contribution in [2.24, 2.45) is 0 Å². The van der Waals surface area contributed by atoms with Crippen LogP contribution in [-0.4, -0.2) is 9.55 Å². The Kier molecular flexibility index (Phi) is 3.21. The first kappa shape index (κ1) is 12.5. The van der Waals surface area contributed by atoms with Gasteiger partial charge in [0.1, 0.15) is 0 Å². The number of hydrogen-bond donors (Lipinski definition) is 1. The molecule has 3 rings (SSSR count). The summed E-state index contributed by atoms with van der Waals surface area (Å²) in [5.74, 6) is 0.507. The zero-order valence-electron chi connectivity index (χ0n) is 9.98. The maximum absolute atomic E-state index is 6.00. The SMILES string of the molecule is Nc1nc2ccc(Br)cc2n1Cc1cccc(Cl)c1. The largest absolute Gasteiger partial charge is 0.369 e. The summed E-state index contributed by atoms with van der Waals surface area (Å²) in [6.07, 6.45) is 0. The number of rotatable bonds is 2. The molecule has 96 valence electrons. The third-order valence-corrected chi connectivity index (χ3v) is 3.70. The summed E-state index contributed by atoms with van der Waals surface area (Å²) in [4.78, 5) is 4.36. The summed E-state index contributed by atoms with van der Waals surface area (Å²) < 4.78 is 2.98. The Labute approximate surface area is 124 Å². The number of nitrogen functional groups attached to an aromatic ring is 1. The molecule has 3 nitrogen and oxygen atoms in total. The minimum absolute atomic E-state index is 0.507. The van der Waals surface area contributed by atoms with E-state index in [1.807, 2.05) is 47.0 Å². The van der Waals surface area contributed by atoms with Crippen LogP contribution in [0, 0.1) is 0 Å². The van der Waals surface area contributed by atoms with Crippen molar-refractivity contribution in [1.29, 1.82) is 0 Å². The molecule has 19 heavy (non-hydrogen) atoms. The van der Waals surface area contributed by atoms with Crippen LogP contribution in [0.4, 0.5) is 5.95 Å². The fourth-order valence-electron chi connectivity index (χ4n) is 2.10. The number of hydrogen-bond acceptors (Lipinski definition) is 2. The lowest BCUT2D eigenvalue weighted by Crippen LogP contribution is -2.04. The lowest BCUT2D eigenvalue weighted by Gasteiger charge is -2.07. The van der Waals surface area contributed by atoms with E-state index in [4.69, 9.17) is 17.3 Å². The number of nitrogens with two attached hydrogens (primary N) is 1. The first-order valence-corrected chi connectivity index (χ1v) is 6.96. The zero-order chi connectivity index (χ0) is 13.4. The maximum Gasteiger partial charge on any atom is 0.201 e. The van der Waals surface area contributed by atoms with Crippen LogP contribution in [0.1, 0.15) is 5.56 Å². The lowest BCUT2D eigenvalue weighted by atomic mass is 10.2. The van der Waals surface area contributed by atoms with E-state index < -0.39 is 0 Å². The van der Waals surface area contributed by atoms with Crippen molar-refractivity contribution in [3.63, 3.8) is 0 Å². The minimum Gasteiger partial charge on any atom is -0.369 e. The van der Waals surface area contributed by atoms with Crippen LogP contribution < -0.4 is 5.73 Å². The summed E-state index contributed by atoms with van der Waals surface area (Å²) in [6, 6.07) is 13.7. The van der Waals surface area contributed by atoms with Gasteiger partial charge in [-0.05, 0) is 35.9 Å². The number of aromatic nitrogens is 2.